The number of alkyl halides is 1. The van der Waals surface area contributed by atoms with E-state index in [1.54, 1.807) is 0 Å². The van der Waals surface area contributed by atoms with Crippen LogP contribution < -0.4 is 5.56 Å². The number of hydrogen-bond donors (Lipinski definition) is 1. The number of nitrogens with zero attached hydrogens (tertiary/aromatic N) is 1. The molecule has 92 valence electrons. The van der Waals surface area contributed by atoms with Crippen molar-refractivity contribution in [3.8, 4) is 0 Å². The number of aryl methyl sites for hydroxylation is 1. The van der Waals surface area contributed by atoms with Crippen LogP contribution in [0.2, 0.25) is 0 Å². The molecule has 1 aliphatic carbocycles. The quantitative estimate of drug-likeness (QED) is 0.439. The van der Waals surface area contributed by atoms with E-state index in [1.165, 1.54) is 19.3 Å². The largest absolute Gasteiger partial charge is 0.310 e. The van der Waals surface area contributed by atoms with Gasteiger partial charge in [0.25, 0.3) is 5.56 Å². The van der Waals surface area contributed by atoms with E-state index in [-0.39, 0.29) is 5.56 Å². The lowest BCUT2D eigenvalue weighted by molar-refractivity contribution is 0.613. The zero-order chi connectivity index (χ0) is 12.0. The third-order valence-electron chi connectivity index (χ3n) is 3.64. The van der Waals surface area contributed by atoms with Crippen LogP contribution in [0.3, 0.4) is 0 Å². The summed E-state index contributed by atoms with van der Waals surface area (Å²) in [5.74, 6) is 1.17. The molecule has 1 aliphatic heterocycles. The van der Waals surface area contributed by atoms with E-state index in [4.69, 9.17) is 0 Å². The number of fused-ring (bicyclic) bond motifs is 3. The Kier molecular flexibility index (Phi) is 3.23. The van der Waals surface area contributed by atoms with Crippen LogP contribution in [0.25, 0.3) is 0 Å². The fraction of sp³-hybridized carbons (Fsp3) is 0.667. The minimum Gasteiger partial charge on any atom is -0.310 e. The molecule has 3 rings (SSSR count). The van der Waals surface area contributed by atoms with Crippen molar-refractivity contribution in [1.29, 1.82) is 0 Å². The molecule has 0 radical (unpaired) electrons. The van der Waals surface area contributed by atoms with E-state index >= 15 is 0 Å². The summed E-state index contributed by atoms with van der Waals surface area (Å²) < 4.78 is 0.704. The van der Waals surface area contributed by atoms with E-state index in [9.17, 15) is 4.79 Å². The van der Waals surface area contributed by atoms with E-state index in [0.29, 0.717) is 15.1 Å². The molecule has 2 aliphatic rings. The second-order valence-corrected chi connectivity index (χ2v) is 7.89. The number of halogens is 1. The highest BCUT2D eigenvalue weighted by molar-refractivity contribution is 14.1. The Morgan fingerprint density at radius 2 is 2.29 bits per heavy atom. The standard InChI is InChI=1S/C12H15IN2OS/c1-6-14-11(16)10-8-5-7(13)3-2-4-9(8)17-12(10)15-6/h7-9H,2-5H2,1H3,(H,14,15,16). The van der Waals surface area contributed by atoms with Crippen molar-refractivity contribution in [2.45, 2.75) is 52.7 Å². The molecule has 0 aromatic carbocycles. The Morgan fingerprint density at radius 1 is 1.47 bits per heavy atom. The molecule has 1 aromatic rings. The Hall–Kier alpha value is -0.0400. The van der Waals surface area contributed by atoms with Crippen molar-refractivity contribution in [2.75, 3.05) is 0 Å². The van der Waals surface area contributed by atoms with Crippen molar-refractivity contribution in [2.24, 2.45) is 0 Å². The predicted octanol–water partition coefficient (Wildman–Crippen LogP) is 3.01. The molecule has 3 unspecified atom stereocenters. The summed E-state index contributed by atoms with van der Waals surface area (Å²) in [6.07, 6.45) is 4.94. The van der Waals surface area contributed by atoms with Crippen LogP contribution in [0.4, 0.5) is 0 Å². The molecule has 3 atom stereocenters. The molecule has 5 heteroatoms. The zero-order valence-electron chi connectivity index (χ0n) is 9.70. The van der Waals surface area contributed by atoms with Crippen LogP contribution in [0.5, 0.6) is 0 Å². The molecule has 17 heavy (non-hydrogen) atoms. The molecule has 0 amide bonds. The van der Waals surface area contributed by atoms with Crippen molar-refractivity contribution in [3.63, 3.8) is 0 Å². The van der Waals surface area contributed by atoms with Crippen molar-refractivity contribution in [3.05, 3.63) is 21.7 Å². The maximum atomic E-state index is 12.1. The summed E-state index contributed by atoms with van der Waals surface area (Å²) in [4.78, 5) is 19.5. The van der Waals surface area contributed by atoms with Gasteiger partial charge in [-0.3, -0.25) is 4.79 Å². The highest BCUT2D eigenvalue weighted by Gasteiger charge is 2.39. The lowest BCUT2D eigenvalue weighted by Crippen LogP contribution is -2.21. The summed E-state index contributed by atoms with van der Waals surface area (Å²) >= 11 is 4.36. The van der Waals surface area contributed by atoms with E-state index in [0.717, 1.165) is 22.8 Å². The zero-order valence-corrected chi connectivity index (χ0v) is 12.7. The van der Waals surface area contributed by atoms with E-state index in [1.807, 2.05) is 18.7 Å². The Morgan fingerprint density at radius 3 is 3.12 bits per heavy atom. The number of rotatable bonds is 0. The molecule has 0 spiro atoms. The van der Waals surface area contributed by atoms with Crippen molar-refractivity contribution >= 4 is 34.4 Å². The molecule has 1 N–H and O–H groups in total. The second-order valence-electron chi connectivity index (χ2n) is 4.90. The molecule has 1 saturated carbocycles. The number of hydrogen-bond acceptors (Lipinski definition) is 3. The van der Waals surface area contributed by atoms with E-state index < -0.39 is 0 Å². The summed E-state index contributed by atoms with van der Waals surface area (Å²) in [5.41, 5.74) is 1.06. The van der Waals surface area contributed by atoms with Crippen LogP contribution >= 0.6 is 34.4 Å². The van der Waals surface area contributed by atoms with Gasteiger partial charge in [-0.15, -0.1) is 11.8 Å². The van der Waals surface area contributed by atoms with Gasteiger partial charge >= 0.3 is 0 Å². The van der Waals surface area contributed by atoms with Gasteiger partial charge in [0.05, 0.1) is 5.56 Å². The molecule has 1 aromatic heterocycles. The first-order valence-electron chi connectivity index (χ1n) is 6.06. The minimum absolute atomic E-state index is 0.0954. The Balaban J connectivity index is 2.05. The first kappa shape index (κ1) is 12.0. The fourth-order valence-electron chi connectivity index (χ4n) is 2.86. The molecule has 2 heterocycles. The average molecular weight is 362 g/mol. The second kappa shape index (κ2) is 4.57. The summed E-state index contributed by atoms with van der Waals surface area (Å²) in [6, 6.07) is 0. The van der Waals surface area contributed by atoms with Crippen molar-refractivity contribution < 1.29 is 0 Å². The molecule has 0 bridgehead atoms. The van der Waals surface area contributed by atoms with Crippen LogP contribution in [-0.2, 0) is 0 Å². The number of H-pyrrole nitrogens is 1. The normalized spacial score (nSPS) is 31.8. The van der Waals surface area contributed by atoms with Crippen molar-refractivity contribution in [1.82, 2.24) is 9.97 Å². The first-order chi connectivity index (χ1) is 8.15. The summed E-state index contributed by atoms with van der Waals surface area (Å²) in [5, 5.41) is 1.58. The van der Waals surface area contributed by atoms with Gasteiger partial charge in [-0.05, 0) is 26.2 Å². The summed E-state index contributed by atoms with van der Waals surface area (Å²) in [7, 11) is 0. The van der Waals surface area contributed by atoms with Crippen LogP contribution in [0.15, 0.2) is 9.82 Å². The maximum absolute atomic E-state index is 12.1. The van der Waals surface area contributed by atoms with Crippen LogP contribution in [0, 0.1) is 6.92 Å². The molecule has 1 fully saturated rings. The monoisotopic (exact) mass is 362 g/mol. The fourth-order valence-corrected chi connectivity index (χ4v) is 5.39. The molecule has 3 nitrogen and oxygen atoms in total. The van der Waals surface area contributed by atoms with Crippen LogP contribution in [0.1, 0.15) is 43.0 Å². The van der Waals surface area contributed by atoms with Gasteiger partial charge in [-0.2, -0.15) is 0 Å². The lowest BCUT2D eigenvalue weighted by Gasteiger charge is -2.16. The first-order valence-corrected chi connectivity index (χ1v) is 8.19. The topological polar surface area (TPSA) is 45.8 Å². The third-order valence-corrected chi connectivity index (χ3v) is 6.17. The van der Waals surface area contributed by atoms with Gasteiger partial charge in [0.1, 0.15) is 10.9 Å². The highest BCUT2D eigenvalue weighted by Crippen LogP contribution is 2.49. The SMILES string of the molecule is Cc1nc2c(c(=O)[nH]1)C1CC(I)CCCC1S2. The average Bonchev–Trinajstić information content (AvgIpc) is 2.46. The minimum atomic E-state index is 0.0954. The molecular formula is C12H15IN2OS. The van der Waals surface area contributed by atoms with Gasteiger partial charge < -0.3 is 4.98 Å². The number of aromatic amines is 1. The van der Waals surface area contributed by atoms with Gasteiger partial charge in [0.2, 0.25) is 0 Å². The predicted molar refractivity (Wildman–Crippen MR) is 78.3 cm³/mol. The van der Waals surface area contributed by atoms with E-state index in [2.05, 4.69) is 32.6 Å². The maximum Gasteiger partial charge on any atom is 0.255 e. The third kappa shape index (κ3) is 2.16. The lowest BCUT2D eigenvalue weighted by atomic mass is 9.94. The highest BCUT2D eigenvalue weighted by atomic mass is 127. The van der Waals surface area contributed by atoms with Gasteiger partial charge in [0.15, 0.2) is 0 Å². The smallest absolute Gasteiger partial charge is 0.255 e. The van der Waals surface area contributed by atoms with Crippen LogP contribution in [-0.4, -0.2) is 19.1 Å². The number of aromatic nitrogens is 2. The number of nitrogens with one attached hydrogen (secondary N) is 1. The van der Waals surface area contributed by atoms with Gasteiger partial charge in [-0.1, -0.05) is 29.0 Å². The van der Waals surface area contributed by atoms with Gasteiger partial charge in [0, 0.05) is 15.1 Å². The Bertz CT molecular complexity index is 502. The van der Waals surface area contributed by atoms with Gasteiger partial charge in [-0.25, -0.2) is 4.98 Å². The molecule has 0 saturated heterocycles. The Labute approximate surface area is 118 Å². The summed E-state index contributed by atoms with van der Waals surface area (Å²) in [6.45, 7) is 1.86. The molecular weight excluding hydrogens is 347 g/mol. The number of thioether (sulfide) groups is 1.